The summed E-state index contributed by atoms with van der Waals surface area (Å²) in [6.07, 6.45) is 1.27. The van der Waals surface area contributed by atoms with Gasteiger partial charge in [0.2, 0.25) is 5.91 Å². The highest BCUT2D eigenvalue weighted by Gasteiger charge is 2.37. The van der Waals surface area contributed by atoms with Gasteiger partial charge in [-0.3, -0.25) is 9.59 Å². The number of amides is 2. The zero-order chi connectivity index (χ0) is 21.4. The van der Waals surface area contributed by atoms with Crippen molar-refractivity contribution in [3.63, 3.8) is 0 Å². The number of hydrogen-bond acceptors (Lipinski definition) is 4. The minimum Gasteiger partial charge on any atom is -0.378 e. The molecule has 30 heavy (non-hydrogen) atoms. The maximum absolute atomic E-state index is 13.2. The van der Waals surface area contributed by atoms with Gasteiger partial charge in [-0.25, -0.2) is 0 Å². The molecule has 0 bridgehead atoms. The lowest BCUT2D eigenvalue weighted by molar-refractivity contribution is -0.127. The first-order valence-electron chi connectivity index (χ1n) is 10.5. The molecule has 2 aromatic carbocycles. The minimum absolute atomic E-state index is 0.0103. The second-order valence-electron chi connectivity index (χ2n) is 8.33. The van der Waals surface area contributed by atoms with Gasteiger partial charge in [0.15, 0.2) is 0 Å². The number of carbonyl (C=O) groups excluding carboxylic acids is 2. The number of anilines is 3. The lowest BCUT2D eigenvalue weighted by atomic mass is 9.99. The molecule has 158 valence electrons. The second kappa shape index (κ2) is 8.11. The SMILES string of the molecule is CC(=O)N1c2ccc(-c3ccc(N(C)C)cc3)cc2N(C(=O)C2CCCO2)CC1C. The van der Waals surface area contributed by atoms with E-state index < -0.39 is 6.10 Å². The fraction of sp³-hybridized carbons (Fsp3) is 0.417. The van der Waals surface area contributed by atoms with Crippen molar-refractivity contribution >= 4 is 28.9 Å². The number of ether oxygens (including phenoxy) is 1. The first-order valence-corrected chi connectivity index (χ1v) is 10.5. The van der Waals surface area contributed by atoms with E-state index in [0.29, 0.717) is 13.2 Å². The number of fused-ring (bicyclic) bond motifs is 1. The Bertz CT molecular complexity index is 949. The van der Waals surface area contributed by atoms with Crippen LogP contribution in [0.3, 0.4) is 0 Å². The molecule has 0 aromatic heterocycles. The molecular weight excluding hydrogens is 378 g/mol. The molecule has 4 rings (SSSR count). The molecular formula is C24H29N3O3. The molecule has 2 heterocycles. The number of hydrogen-bond donors (Lipinski definition) is 0. The van der Waals surface area contributed by atoms with Crippen LogP contribution < -0.4 is 14.7 Å². The summed E-state index contributed by atoms with van der Waals surface area (Å²) in [7, 11) is 4.03. The van der Waals surface area contributed by atoms with Crippen molar-refractivity contribution in [2.45, 2.75) is 38.8 Å². The van der Waals surface area contributed by atoms with E-state index in [0.717, 1.165) is 41.0 Å². The lowest BCUT2D eigenvalue weighted by Crippen LogP contribution is -2.53. The summed E-state index contributed by atoms with van der Waals surface area (Å²) in [5.74, 6) is -0.0278. The number of benzene rings is 2. The zero-order valence-corrected chi connectivity index (χ0v) is 18.1. The molecule has 1 fully saturated rings. The molecule has 0 aliphatic carbocycles. The van der Waals surface area contributed by atoms with Crippen molar-refractivity contribution < 1.29 is 14.3 Å². The highest BCUT2D eigenvalue weighted by Crippen LogP contribution is 2.40. The van der Waals surface area contributed by atoms with Crippen molar-refractivity contribution in [1.82, 2.24) is 0 Å². The Morgan fingerprint density at radius 2 is 1.73 bits per heavy atom. The smallest absolute Gasteiger partial charge is 0.256 e. The van der Waals surface area contributed by atoms with Crippen molar-refractivity contribution in [2.24, 2.45) is 0 Å². The summed E-state index contributed by atoms with van der Waals surface area (Å²) in [6, 6.07) is 14.2. The molecule has 6 nitrogen and oxygen atoms in total. The molecule has 0 saturated carbocycles. The Kier molecular flexibility index (Phi) is 5.52. The maximum Gasteiger partial charge on any atom is 0.256 e. The van der Waals surface area contributed by atoms with Crippen LogP contribution in [0.5, 0.6) is 0 Å². The van der Waals surface area contributed by atoms with Crippen LogP contribution in [0, 0.1) is 0 Å². The van der Waals surface area contributed by atoms with Crippen LogP contribution in [-0.2, 0) is 14.3 Å². The second-order valence-corrected chi connectivity index (χ2v) is 8.33. The van der Waals surface area contributed by atoms with Gasteiger partial charge in [0.25, 0.3) is 5.91 Å². The molecule has 0 spiro atoms. The van der Waals surface area contributed by atoms with Crippen LogP contribution in [0.25, 0.3) is 11.1 Å². The summed E-state index contributed by atoms with van der Waals surface area (Å²) in [6.45, 7) is 4.65. The highest BCUT2D eigenvalue weighted by atomic mass is 16.5. The Morgan fingerprint density at radius 3 is 2.33 bits per heavy atom. The molecule has 2 amide bonds. The van der Waals surface area contributed by atoms with Crippen LogP contribution >= 0.6 is 0 Å². The van der Waals surface area contributed by atoms with E-state index in [1.807, 2.05) is 44.1 Å². The van der Waals surface area contributed by atoms with Crippen LogP contribution in [-0.4, -0.2) is 51.2 Å². The summed E-state index contributed by atoms with van der Waals surface area (Å²) in [5, 5.41) is 0. The topological polar surface area (TPSA) is 53.1 Å². The van der Waals surface area contributed by atoms with Gasteiger partial charge in [-0.15, -0.1) is 0 Å². The third kappa shape index (κ3) is 3.67. The average molecular weight is 408 g/mol. The van der Waals surface area contributed by atoms with Crippen molar-refractivity contribution in [3.05, 3.63) is 42.5 Å². The Balaban J connectivity index is 1.76. The van der Waals surface area contributed by atoms with Gasteiger partial charge in [-0.2, -0.15) is 0 Å². The molecule has 6 heteroatoms. The average Bonchev–Trinajstić information content (AvgIpc) is 3.27. The quantitative estimate of drug-likeness (QED) is 0.779. The summed E-state index contributed by atoms with van der Waals surface area (Å²) in [4.78, 5) is 31.3. The Hall–Kier alpha value is -2.86. The van der Waals surface area contributed by atoms with Crippen molar-refractivity contribution in [1.29, 1.82) is 0 Å². The number of carbonyl (C=O) groups is 2. The van der Waals surface area contributed by atoms with Crippen LogP contribution in [0.15, 0.2) is 42.5 Å². The Labute approximate surface area is 178 Å². The number of rotatable bonds is 3. The zero-order valence-electron chi connectivity index (χ0n) is 18.1. The van der Waals surface area contributed by atoms with Crippen LogP contribution in [0.2, 0.25) is 0 Å². The number of nitrogens with zero attached hydrogens (tertiary/aromatic N) is 3. The standard InChI is InChI=1S/C24H29N3O3/c1-16-15-26(24(29)23-6-5-13-30-23)22-14-19(9-12-21(22)27(16)17(2)28)18-7-10-20(11-8-18)25(3)4/h7-12,14,16,23H,5-6,13,15H2,1-4H3. The molecule has 0 radical (unpaired) electrons. The van der Waals surface area contributed by atoms with E-state index in [4.69, 9.17) is 4.74 Å². The van der Waals surface area contributed by atoms with E-state index >= 15 is 0 Å². The molecule has 2 atom stereocenters. The predicted octanol–water partition coefficient (Wildman–Crippen LogP) is 3.69. The lowest BCUT2D eigenvalue weighted by Gasteiger charge is -2.41. The van der Waals surface area contributed by atoms with E-state index in [2.05, 4.69) is 29.2 Å². The predicted molar refractivity (Wildman–Crippen MR) is 120 cm³/mol. The summed E-state index contributed by atoms with van der Waals surface area (Å²) in [5.41, 5.74) is 4.77. The van der Waals surface area contributed by atoms with Crippen LogP contribution in [0.1, 0.15) is 26.7 Å². The molecule has 2 aromatic rings. The molecule has 0 N–H and O–H groups in total. The van der Waals surface area contributed by atoms with Crippen molar-refractivity contribution in [3.8, 4) is 11.1 Å². The van der Waals surface area contributed by atoms with Gasteiger partial charge in [0.05, 0.1) is 17.4 Å². The van der Waals surface area contributed by atoms with E-state index in [1.54, 1.807) is 11.8 Å². The fourth-order valence-corrected chi connectivity index (χ4v) is 4.39. The van der Waals surface area contributed by atoms with Gasteiger partial charge < -0.3 is 19.4 Å². The molecule has 2 aliphatic rings. The molecule has 2 aliphatic heterocycles. The Morgan fingerprint density at radius 1 is 1.03 bits per heavy atom. The van der Waals surface area contributed by atoms with Gasteiger partial charge in [-0.1, -0.05) is 18.2 Å². The largest absolute Gasteiger partial charge is 0.378 e. The molecule has 2 unspecified atom stereocenters. The molecule has 1 saturated heterocycles. The van der Waals surface area contributed by atoms with E-state index in [-0.39, 0.29) is 17.9 Å². The van der Waals surface area contributed by atoms with Gasteiger partial charge in [-0.05, 0) is 55.2 Å². The summed E-state index contributed by atoms with van der Waals surface area (Å²) >= 11 is 0. The maximum atomic E-state index is 13.2. The third-order valence-corrected chi connectivity index (χ3v) is 5.94. The third-order valence-electron chi connectivity index (χ3n) is 5.94. The minimum atomic E-state index is -0.392. The van der Waals surface area contributed by atoms with Gasteiger partial charge >= 0.3 is 0 Å². The first-order chi connectivity index (χ1) is 14.4. The van der Waals surface area contributed by atoms with E-state index in [1.165, 1.54) is 0 Å². The van der Waals surface area contributed by atoms with Gasteiger partial charge in [0.1, 0.15) is 6.10 Å². The normalized spacial score (nSPS) is 20.8. The fourth-order valence-electron chi connectivity index (χ4n) is 4.39. The van der Waals surface area contributed by atoms with Crippen LogP contribution in [0.4, 0.5) is 17.1 Å². The first kappa shape index (κ1) is 20.4. The monoisotopic (exact) mass is 407 g/mol. The summed E-state index contributed by atoms with van der Waals surface area (Å²) < 4.78 is 5.67. The van der Waals surface area contributed by atoms with Gasteiger partial charge in [0, 0.05) is 39.9 Å². The van der Waals surface area contributed by atoms with E-state index in [9.17, 15) is 9.59 Å². The highest BCUT2D eigenvalue weighted by molar-refractivity contribution is 6.06. The van der Waals surface area contributed by atoms with Crippen molar-refractivity contribution in [2.75, 3.05) is 41.9 Å².